The standard InChI is InChI=1S/2C18H22N4O2.C4H8O.CHF3O3S.Ag/c2*1-11-8-13(3)21(19-11)18(22-14(4)9-12(2)20-22)15-6-7-16(23)17(10-15)24-5;1-2-4-5-3-1;2-1(3,4)8(5,6)7;/h2*6-10,18,23H,1-5H3;1-4H2;(H,5,6,7);/q;;;;+1/p-1. The minimum atomic E-state index is -6.09. The number of benzene rings is 2. The maximum absolute atomic E-state index is 10.7. The molecule has 4 aromatic heterocycles. The Balaban J connectivity index is 0.000000254. The third kappa shape index (κ3) is 13.0. The number of ether oxygens (including phenoxy) is 3. The van der Waals surface area contributed by atoms with Gasteiger partial charge in [0.2, 0.25) is 0 Å². The van der Waals surface area contributed by atoms with Gasteiger partial charge in [0.15, 0.2) is 45.4 Å². The zero-order valence-electron chi connectivity index (χ0n) is 36.0. The molecule has 1 saturated heterocycles. The number of aromatic nitrogens is 8. The summed E-state index contributed by atoms with van der Waals surface area (Å²) >= 11 is 0. The van der Waals surface area contributed by atoms with Crippen LogP contribution in [0.4, 0.5) is 13.2 Å². The van der Waals surface area contributed by atoms with Gasteiger partial charge in [-0.15, -0.1) is 0 Å². The van der Waals surface area contributed by atoms with Gasteiger partial charge in [-0.1, -0.05) is 12.1 Å². The molecule has 0 amide bonds. The first-order valence-electron chi connectivity index (χ1n) is 19.0. The van der Waals surface area contributed by atoms with Crippen molar-refractivity contribution in [2.45, 2.75) is 86.1 Å². The number of phenols is 2. The van der Waals surface area contributed by atoms with Crippen LogP contribution in [0, 0.1) is 55.4 Å². The molecule has 0 aliphatic carbocycles. The summed E-state index contributed by atoms with van der Waals surface area (Å²) in [5, 5.41) is 38.4. The smallest absolute Gasteiger partial charge is 0.741 e. The summed E-state index contributed by atoms with van der Waals surface area (Å²) < 4.78 is 82.2. The fourth-order valence-electron chi connectivity index (χ4n) is 6.57. The van der Waals surface area contributed by atoms with Crippen LogP contribution in [0.1, 0.15) is 81.9 Å². The average Bonchev–Trinajstić information content (AvgIpc) is 4.03. The number of methoxy groups -OCH3 is 2. The van der Waals surface area contributed by atoms with Gasteiger partial charge < -0.3 is 29.0 Å². The number of nitrogens with zero attached hydrogens (tertiary/aromatic N) is 8. The van der Waals surface area contributed by atoms with Crippen molar-refractivity contribution in [3.8, 4) is 23.0 Å². The molecule has 1 aliphatic rings. The minimum Gasteiger partial charge on any atom is -0.741 e. The van der Waals surface area contributed by atoms with Gasteiger partial charge in [0.25, 0.3) is 0 Å². The average molecular weight is 982 g/mol. The van der Waals surface area contributed by atoms with Crippen LogP contribution >= 0.6 is 0 Å². The molecule has 1 fully saturated rings. The zero-order chi connectivity index (χ0) is 45.4. The quantitative estimate of drug-likeness (QED) is 0.0894. The van der Waals surface area contributed by atoms with Crippen LogP contribution in [0.3, 0.4) is 0 Å². The van der Waals surface area contributed by atoms with Crippen LogP contribution in [0.2, 0.25) is 0 Å². The molecular formula is C41H52AgF3N8O8S. The van der Waals surface area contributed by atoms with Crippen LogP contribution in [-0.2, 0) is 37.2 Å². The third-order valence-corrected chi connectivity index (χ3v) is 9.79. The number of aromatic hydroxyl groups is 2. The van der Waals surface area contributed by atoms with Crippen molar-refractivity contribution < 1.29 is 72.9 Å². The van der Waals surface area contributed by atoms with Gasteiger partial charge in [-0.3, -0.25) is 0 Å². The predicted octanol–water partition coefficient (Wildman–Crippen LogP) is 7.09. The number of phenolic OH excluding ortho intramolecular Hbond substituents is 2. The van der Waals surface area contributed by atoms with Crippen molar-refractivity contribution in [3.05, 3.63) is 117 Å². The van der Waals surface area contributed by atoms with E-state index < -0.39 is 15.6 Å². The number of halogens is 3. The maximum atomic E-state index is 10.7. The zero-order valence-corrected chi connectivity index (χ0v) is 38.3. The molecule has 0 unspecified atom stereocenters. The van der Waals surface area contributed by atoms with Gasteiger partial charge in [-0.25, -0.2) is 27.1 Å². The summed E-state index contributed by atoms with van der Waals surface area (Å²) in [5.41, 5.74) is 4.17. The van der Waals surface area contributed by atoms with E-state index in [4.69, 9.17) is 27.2 Å². The van der Waals surface area contributed by atoms with Crippen molar-refractivity contribution >= 4 is 10.1 Å². The second-order valence-corrected chi connectivity index (χ2v) is 15.7. The molecule has 6 aromatic rings. The molecule has 62 heavy (non-hydrogen) atoms. The molecule has 2 aromatic carbocycles. The normalized spacial score (nSPS) is 12.5. The van der Waals surface area contributed by atoms with Crippen LogP contribution < -0.4 is 9.47 Å². The predicted molar refractivity (Wildman–Crippen MR) is 219 cm³/mol. The van der Waals surface area contributed by atoms with E-state index in [0.717, 1.165) is 69.9 Å². The molecule has 21 heteroatoms. The minimum absolute atomic E-state index is 0. The fraction of sp³-hybridized carbons (Fsp3) is 0.415. The Morgan fingerprint density at radius 3 is 1.06 bits per heavy atom. The molecule has 1 aliphatic heterocycles. The molecule has 2 N–H and O–H groups in total. The van der Waals surface area contributed by atoms with Gasteiger partial charge in [-0.2, -0.15) is 33.6 Å². The van der Waals surface area contributed by atoms with Crippen molar-refractivity contribution in [1.82, 2.24) is 39.1 Å². The van der Waals surface area contributed by atoms with Gasteiger partial charge >= 0.3 is 27.9 Å². The van der Waals surface area contributed by atoms with Crippen molar-refractivity contribution in [3.63, 3.8) is 0 Å². The number of alkyl halides is 3. The molecule has 7 rings (SSSR count). The molecule has 0 spiro atoms. The largest absolute Gasteiger partial charge is 1.00 e. The van der Waals surface area contributed by atoms with E-state index >= 15 is 0 Å². The monoisotopic (exact) mass is 980 g/mol. The number of hydrogen-bond donors (Lipinski definition) is 2. The third-order valence-electron chi connectivity index (χ3n) is 9.22. The van der Waals surface area contributed by atoms with E-state index in [-0.39, 0.29) is 46.2 Å². The van der Waals surface area contributed by atoms with Crippen molar-refractivity contribution in [2.75, 3.05) is 27.4 Å². The molecule has 0 atom stereocenters. The van der Waals surface area contributed by atoms with Crippen LogP contribution in [-0.4, -0.2) is 95.2 Å². The number of rotatable bonds is 8. The number of hydrogen-bond acceptors (Lipinski definition) is 12. The van der Waals surface area contributed by atoms with E-state index in [2.05, 4.69) is 20.4 Å². The Morgan fingerprint density at radius 1 is 0.613 bits per heavy atom. The van der Waals surface area contributed by atoms with E-state index in [1.165, 1.54) is 12.8 Å². The summed E-state index contributed by atoms with van der Waals surface area (Å²) in [4.78, 5) is 0. The van der Waals surface area contributed by atoms with Crippen LogP contribution in [0.5, 0.6) is 23.0 Å². The Morgan fingerprint density at radius 2 is 0.887 bits per heavy atom. The molecular weight excluding hydrogens is 929 g/mol. The molecule has 0 radical (unpaired) electrons. The summed E-state index contributed by atoms with van der Waals surface area (Å²) in [7, 11) is -3.01. The van der Waals surface area contributed by atoms with Gasteiger partial charge in [0.1, 0.15) is 0 Å². The summed E-state index contributed by atoms with van der Waals surface area (Å²) in [6, 6.07) is 18.8. The van der Waals surface area contributed by atoms with E-state index in [9.17, 15) is 23.4 Å². The molecule has 5 heterocycles. The van der Waals surface area contributed by atoms with Crippen molar-refractivity contribution in [2.24, 2.45) is 0 Å². The molecule has 342 valence electrons. The number of aryl methyl sites for hydroxylation is 8. The second-order valence-electron chi connectivity index (χ2n) is 14.3. The Labute approximate surface area is 374 Å². The van der Waals surface area contributed by atoms with Crippen LogP contribution in [0.15, 0.2) is 60.7 Å². The van der Waals surface area contributed by atoms with E-state index in [0.29, 0.717) is 11.5 Å². The second kappa shape index (κ2) is 21.8. The Kier molecular flexibility index (Phi) is 18.0. The maximum Gasteiger partial charge on any atom is 1.00 e. The molecule has 0 saturated carbocycles. The van der Waals surface area contributed by atoms with Crippen molar-refractivity contribution in [1.29, 1.82) is 0 Å². The summed E-state index contributed by atoms with van der Waals surface area (Å²) in [6.07, 6.45) is 2.06. The first-order valence-corrected chi connectivity index (χ1v) is 20.4. The van der Waals surface area contributed by atoms with Crippen LogP contribution in [0.25, 0.3) is 0 Å². The van der Waals surface area contributed by atoms with Gasteiger partial charge in [0.05, 0.1) is 37.0 Å². The first kappa shape index (κ1) is 51.2. The molecule has 16 nitrogen and oxygen atoms in total. The SMILES string of the molecule is C1CCOC1.COc1cc(C(n2nc(C)cc2C)n2nc(C)cc2C)ccc1O.COc1cc(C(n2nc(C)cc2C)n2nc(C)cc2C)ccc1O.O=S(=O)([O-])C(F)(F)F.[Ag+]. The van der Waals surface area contributed by atoms with Gasteiger partial charge in [0, 0.05) is 47.1 Å². The van der Waals surface area contributed by atoms with Gasteiger partial charge in [-0.05, 0) is 117 Å². The topological polar surface area (TPSA) is 197 Å². The van der Waals surface area contributed by atoms with E-state index in [1.807, 2.05) is 123 Å². The Bertz CT molecular complexity index is 2270. The first-order chi connectivity index (χ1) is 28.6. The fourth-order valence-corrected chi connectivity index (χ4v) is 6.57. The summed E-state index contributed by atoms with van der Waals surface area (Å²) in [5.74, 6) is 1.09. The van der Waals surface area contributed by atoms with E-state index in [1.54, 1.807) is 26.4 Å². The Hall–Kier alpha value is -5.12. The molecule has 0 bridgehead atoms. The summed E-state index contributed by atoms with van der Waals surface area (Å²) in [6.45, 7) is 18.0.